The van der Waals surface area contributed by atoms with Crippen LogP contribution in [0.1, 0.15) is 66.3 Å². The Bertz CT molecular complexity index is 1500. The minimum atomic E-state index is -0.395. The highest BCUT2D eigenvalue weighted by atomic mass is 16.5. The zero-order valence-electron chi connectivity index (χ0n) is 29.3. The standard InChI is InChI=1S/C38H53N5O5/c1-26-22-43(27(2)25-44)38(46)32-21-31(41(4)5)18-19-35(32)48-28(3)11-9-10-20-47-36(26)24-42(6)23-29-14-16-30(17-15-29)37(45)40-34-13-8-7-12-33(34)39/h7-8,12-19,21,26-28,36,44H,9-11,20,22-25,39H2,1-6H3,(H,40,45)/t26-,27-,28+,36-/m1/s1. The van der Waals surface area contributed by atoms with Crippen LogP contribution >= 0.6 is 0 Å². The number of carbonyl (C=O) groups excluding carboxylic acids is 2. The summed E-state index contributed by atoms with van der Waals surface area (Å²) in [5.41, 5.74) is 10.1. The molecular formula is C38H53N5O5. The van der Waals surface area contributed by atoms with Crippen molar-refractivity contribution in [2.45, 2.75) is 64.8 Å². The maximum Gasteiger partial charge on any atom is 0.258 e. The number of nitrogens with one attached hydrogen (secondary N) is 1. The van der Waals surface area contributed by atoms with Crippen LogP contribution in [0.3, 0.4) is 0 Å². The minimum absolute atomic E-state index is 0.0230. The van der Waals surface area contributed by atoms with Crippen LogP contribution in [-0.2, 0) is 11.3 Å². The average Bonchev–Trinajstić information content (AvgIpc) is 3.06. The van der Waals surface area contributed by atoms with Crippen molar-refractivity contribution in [1.29, 1.82) is 0 Å². The molecule has 0 fully saturated rings. The van der Waals surface area contributed by atoms with Gasteiger partial charge in [-0.3, -0.25) is 14.5 Å². The second-order valence-corrected chi connectivity index (χ2v) is 13.3. The normalized spacial score (nSPS) is 20.0. The van der Waals surface area contributed by atoms with Gasteiger partial charge in [-0.1, -0.05) is 31.2 Å². The van der Waals surface area contributed by atoms with E-state index < -0.39 is 6.04 Å². The van der Waals surface area contributed by atoms with Crippen LogP contribution < -0.4 is 20.7 Å². The molecule has 1 aliphatic rings. The van der Waals surface area contributed by atoms with Gasteiger partial charge in [0.15, 0.2) is 0 Å². The van der Waals surface area contributed by atoms with E-state index in [0.717, 1.165) is 30.5 Å². The number of benzene rings is 3. The summed E-state index contributed by atoms with van der Waals surface area (Å²) in [6.07, 6.45) is 2.48. The lowest BCUT2D eigenvalue weighted by Gasteiger charge is -2.36. The largest absolute Gasteiger partial charge is 0.490 e. The fraction of sp³-hybridized carbons (Fsp3) is 0.474. The Kier molecular flexibility index (Phi) is 13.3. The van der Waals surface area contributed by atoms with E-state index in [2.05, 4.69) is 24.2 Å². The highest BCUT2D eigenvalue weighted by Gasteiger charge is 2.30. The highest BCUT2D eigenvalue weighted by Crippen LogP contribution is 2.29. The number of carbonyl (C=O) groups is 2. The smallest absolute Gasteiger partial charge is 0.258 e. The zero-order valence-corrected chi connectivity index (χ0v) is 29.3. The summed E-state index contributed by atoms with van der Waals surface area (Å²) >= 11 is 0. The lowest BCUT2D eigenvalue weighted by atomic mass is 10.0. The second-order valence-electron chi connectivity index (χ2n) is 13.3. The molecule has 4 atom stereocenters. The van der Waals surface area contributed by atoms with E-state index in [0.29, 0.717) is 54.5 Å². The lowest BCUT2D eigenvalue weighted by molar-refractivity contribution is -0.0177. The first-order chi connectivity index (χ1) is 23.0. The van der Waals surface area contributed by atoms with Crippen LogP contribution in [0.15, 0.2) is 66.7 Å². The number of fused-ring (bicyclic) bond motifs is 1. The SMILES string of the molecule is C[C@@H]1CN([C@H](C)CO)C(=O)c2cc(N(C)C)ccc2O[C@@H](C)CCCCO[C@@H]1CN(C)Cc1ccc(C(=O)Nc2ccccc2N)cc1. The first-order valence-electron chi connectivity index (χ1n) is 16.9. The van der Waals surface area contributed by atoms with E-state index >= 15 is 0 Å². The van der Waals surface area contributed by atoms with E-state index in [1.165, 1.54) is 0 Å². The van der Waals surface area contributed by atoms with Crippen LogP contribution in [0.2, 0.25) is 0 Å². The first-order valence-corrected chi connectivity index (χ1v) is 16.9. The number of ether oxygens (including phenoxy) is 2. The van der Waals surface area contributed by atoms with Gasteiger partial charge >= 0.3 is 0 Å². The maximum atomic E-state index is 14.2. The highest BCUT2D eigenvalue weighted by molar-refractivity contribution is 6.05. The van der Waals surface area contributed by atoms with Gasteiger partial charge < -0.3 is 35.4 Å². The summed E-state index contributed by atoms with van der Waals surface area (Å²) in [6, 6.07) is 20.1. The van der Waals surface area contributed by atoms with Crippen molar-refractivity contribution in [3.05, 3.63) is 83.4 Å². The molecule has 1 heterocycles. The van der Waals surface area contributed by atoms with Crippen LogP contribution in [-0.4, -0.2) is 92.4 Å². The predicted molar refractivity (Wildman–Crippen MR) is 193 cm³/mol. The summed E-state index contributed by atoms with van der Waals surface area (Å²) in [5.74, 6) is 0.161. The number of hydrogen-bond acceptors (Lipinski definition) is 8. The number of amides is 2. The van der Waals surface area contributed by atoms with E-state index in [4.69, 9.17) is 15.2 Å². The summed E-state index contributed by atoms with van der Waals surface area (Å²) in [4.78, 5) is 33.0. The van der Waals surface area contributed by atoms with Gasteiger partial charge in [-0.2, -0.15) is 0 Å². The van der Waals surface area contributed by atoms with Crippen molar-refractivity contribution in [2.24, 2.45) is 5.92 Å². The van der Waals surface area contributed by atoms with Crippen LogP contribution in [0.4, 0.5) is 17.1 Å². The minimum Gasteiger partial charge on any atom is -0.490 e. The van der Waals surface area contributed by atoms with Crippen molar-refractivity contribution in [1.82, 2.24) is 9.80 Å². The lowest BCUT2D eigenvalue weighted by Crippen LogP contribution is -2.47. The van der Waals surface area contributed by atoms with Gasteiger partial charge in [0, 0.05) is 57.5 Å². The quantitative estimate of drug-likeness (QED) is 0.257. The fourth-order valence-electron chi connectivity index (χ4n) is 5.90. The molecule has 260 valence electrons. The van der Waals surface area contributed by atoms with E-state index in [9.17, 15) is 14.7 Å². The van der Waals surface area contributed by atoms with Gasteiger partial charge in [0.05, 0.1) is 41.8 Å². The fourth-order valence-corrected chi connectivity index (χ4v) is 5.90. The summed E-state index contributed by atoms with van der Waals surface area (Å²) in [5, 5.41) is 13.1. The Morgan fingerprint density at radius 2 is 1.79 bits per heavy atom. The van der Waals surface area contributed by atoms with E-state index in [1.807, 2.05) is 87.4 Å². The number of aliphatic hydroxyl groups excluding tert-OH is 1. The number of aliphatic hydroxyl groups is 1. The Balaban J connectivity index is 1.49. The Morgan fingerprint density at radius 1 is 1.06 bits per heavy atom. The van der Waals surface area contributed by atoms with Gasteiger partial charge in [-0.15, -0.1) is 0 Å². The third kappa shape index (κ3) is 9.95. The van der Waals surface area contributed by atoms with Crippen molar-refractivity contribution in [2.75, 3.05) is 63.4 Å². The number of nitrogens with two attached hydrogens (primary N) is 1. The molecule has 0 saturated carbocycles. The van der Waals surface area contributed by atoms with Crippen molar-refractivity contribution >= 4 is 28.9 Å². The first kappa shape index (κ1) is 36.7. The number of likely N-dealkylation sites (N-methyl/N-ethyl adjacent to an activating group) is 1. The number of para-hydroxylation sites is 2. The Morgan fingerprint density at radius 3 is 2.48 bits per heavy atom. The molecular weight excluding hydrogens is 606 g/mol. The molecule has 4 N–H and O–H groups in total. The molecule has 0 aromatic heterocycles. The third-order valence-electron chi connectivity index (χ3n) is 8.92. The molecule has 2 amide bonds. The summed E-state index contributed by atoms with van der Waals surface area (Å²) < 4.78 is 12.8. The molecule has 48 heavy (non-hydrogen) atoms. The van der Waals surface area contributed by atoms with E-state index in [-0.39, 0.29) is 36.5 Å². The molecule has 3 aromatic rings. The third-order valence-corrected chi connectivity index (χ3v) is 8.92. The average molecular weight is 660 g/mol. The topological polar surface area (TPSA) is 121 Å². The van der Waals surface area contributed by atoms with Gasteiger partial charge in [0.1, 0.15) is 5.75 Å². The van der Waals surface area contributed by atoms with Gasteiger partial charge in [0.2, 0.25) is 0 Å². The number of nitrogens with zero attached hydrogens (tertiary/aromatic N) is 3. The van der Waals surface area contributed by atoms with Gasteiger partial charge in [-0.25, -0.2) is 0 Å². The molecule has 1 aliphatic heterocycles. The molecule has 10 nitrogen and oxygen atoms in total. The van der Waals surface area contributed by atoms with Crippen LogP contribution in [0.5, 0.6) is 5.75 Å². The zero-order chi connectivity index (χ0) is 34.8. The molecule has 0 aliphatic carbocycles. The Hall–Kier alpha value is -4.12. The molecule has 0 unspecified atom stereocenters. The monoisotopic (exact) mass is 659 g/mol. The second kappa shape index (κ2) is 17.3. The summed E-state index contributed by atoms with van der Waals surface area (Å²) in [6.45, 7) is 8.18. The molecule has 0 bridgehead atoms. The maximum absolute atomic E-state index is 14.2. The van der Waals surface area contributed by atoms with Crippen LogP contribution in [0, 0.1) is 5.92 Å². The molecule has 3 aromatic carbocycles. The predicted octanol–water partition coefficient (Wildman–Crippen LogP) is 5.51. The number of hydrogen-bond donors (Lipinski definition) is 3. The number of nitrogen functional groups attached to an aromatic ring is 1. The molecule has 10 heteroatoms. The Labute approximate surface area is 285 Å². The van der Waals surface area contributed by atoms with Crippen molar-refractivity contribution in [3.8, 4) is 5.75 Å². The number of anilines is 3. The van der Waals surface area contributed by atoms with E-state index in [1.54, 1.807) is 17.0 Å². The molecule has 0 radical (unpaired) electrons. The van der Waals surface area contributed by atoms with Crippen LogP contribution in [0.25, 0.3) is 0 Å². The molecule has 0 saturated heterocycles. The molecule has 4 rings (SSSR count). The summed E-state index contributed by atoms with van der Waals surface area (Å²) in [7, 11) is 5.94. The van der Waals surface area contributed by atoms with Crippen molar-refractivity contribution in [3.63, 3.8) is 0 Å². The van der Waals surface area contributed by atoms with Crippen molar-refractivity contribution < 1.29 is 24.2 Å². The van der Waals surface area contributed by atoms with Gasteiger partial charge in [0.25, 0.3) is 11.8 Å². The molecule has 0 spiro atoms. The van der Waals surface area contributed by atoms with Gasteiger partial charge in [-0.05, 0) is 88.2 Å². The number of rotatable bonds is 9.